The van der Waals surface area contributed by atoms with Crippen molar-refractivity contribution in [2.75, 3.05) is 5.32 Å². The molecule has 4 aromatic carbocycles. The summed E-state index contributed by atoms with van der Waals surface area (Å²) in [4.78, 5) is 17.8. The fourth-order valence-corrected chi connectivity index (χ4v) is 4.61. The van der Waals surface area contributed by atoms with Gasteiger partial charge in [-0.15, -0.1) is 0 Å². The molecule has 6 rings (SSSR count). The molecule has 0 atom stereocenters. The minimum atomic E-state index is -0.247. The van der Waals surface area contributed by atoms with E-state index in [1.165, 1.54) is 0 Å². The average Bonchev–Trinajstić information content (AvgIpc) is 3.43. The Morgan fingerprint density at radius 1 is 0.824 bits per heavy atom. The smallest absolute Gasteiger partial charge is 0.258 e. The molecule has 0 spiro atoms. The van der Waals surface area contributed by atoms with Gasteiger partial charge in [-0.2, -0.15) is 0 Å². The summed E-state index contributed by atoms with van der Waals surface area (Å²) in [7, 11) is 0. The number of imidazole rings is 1. The Labute approximate surface area is 203 Å². The van der Waals surface area contributed by atoms with Crippen molar-refractivity contribution in [3.63, 3.8) is 0 Å². The van der Waals surface area contributed by atoms with Gasteiger partial charge < -0.3 is 4.42 Å². The van der Waals surface area contributed by atoms with Gasteiger partial charge in [-0.05, 0) is 64.5 Å². The van der Waals surface area contributed by atoms with Crippen molar-refractivity contribution in [3.8, 4) is 17.1 Å². The number of para-hydroxylation sites is 4. The third kappa shape index (κ3) is 3.49. The van der Waals surface area contributed by atoms with E-state index < -0.39 is 0 Å². The predicted molar refractivity (Wildman–Crippen MR) is 138 cm³/mol. The number of nitrogens with zero attached hydrogens (tertiary/aromatic N) is 2. The minimum Gasteiger partial charge on any atom is -0.439 e. The molecular formula is C28H18BrN3O2. The highest BCUT2D eigenvalue weighted by molar-refractivity contribution is 9.10. The molecule has 6 aromatic rings. The summed E-state index contributed by atoms with van der Waals surface area (Å²) in [6.45, 7) is 0. The highest BCUT2D eigenvalue weighted by Crippen LogP contribution is 2.35. The highest BCUT2D eigenvalue weighted by atomic mass is 79.9. The number of nitrogens with one attached hydrogen (secondary N) is 1. The molecule has 1 amide bonds. The molecule has 5 nitrogen and oxygen atoms in total. The maximum atomic E-state index is 12.9. The Morgan fingerprint density at radius 3 is 2.32 bits per heavy atom. The number of fused-ring (bicyclic) bond motifs is 2. The van der Waals surface area contributed by atoms with Crippen molar-refractivity contribution in [1.82, 2.24) is 9.55 Å². The van der Waals surface area contributed by atoms with Gasteiger partial charge in [0.2, 0.25) is 5.88 Å². The lowest BCUT2D eigenvalue weighted by Gasteiger charge is -2.10. The second-order valence-electron chi connectivity index (χ2n) is 7.87. The third-order valence-corrected chi connectivity index (χ3v) is 6.53. The minimum absolute atomic E-state index is 0.247. The summed E-state index contributed by atoms with van der Waals surface area (Å²) >= 11 is 3.52. The molecule has 164 valence electrons. The summed E-state index contributed by atoms with van der Waals surface area (Å²) in [6, 6.07) is 33.3. The maximum absolute atomic E-state index is 12.9. The molecule has 0 bridgehead atoms. The van der Waals surface area contributed by atoms with Crippen molar-refractivity contribution >= 4 is 49.7 Å². The van der Waals surface area contributed by atoms with Crippen LogP contribution in [0.4, 0.5) is 5.88 Å². The number of anilines is 1. The molecule has 2 aromatic heterocycles. The summed E-state index contributed by atoms with van der Waals surface area (Å²) in [6.07, 6.45) is 0. The molecule has 2 heterocycles. The van der Waals surface area contributed by atoms with E-state index >= 15 is 0 Å². The van der Waals surface area contributed by atoms with E-state index in [2.05, 4.69) is 44.0 Å². The lowest BCUT2D eigenvalue weighted by Crippen LogP contribution is -2.11. The molecular weight excluding hydrogens is 490 g/mol. The first kappa shape index (κ1) is 20.4. The van der Waals surface area contributed by atoms with E-state index in [1.54, 1.807) is 12.1 Å². The lowest BCUT2D eigenvalue weighted by atomic mass is 10.1. The zero-order valence-corrected chi connectivity index (χ0v) is 19.5. The van der Waals surface area contributed by atoms with E-state index in [0.717, 1.165) is 38.0 Å². The van der Waals surface area contributed by atoms with Crippen LogP contribution in [-0.2, 0) is 0 Å². The first-order valence-electron chi connectivity index (χ1n) is 10.8. The van der Waals surface area contributed by atoms with Gasteiger partial charge in [-0.1, -0.05) is 54.6 Å². The zero-order chi connectivity index (χ0) is 23.1. The van der Waals surface area contributed by atoms with E-state index in [4.69, 9.17) is 9.40 Å². The van der Waals surface area contributed by atoms with Gasteiger partial charge in [0, 0.05) is 22.2 Å². The van der Waals surface area contributed by atoms with Crippen LogP contribution >= 0.6 is 15.9 Å². The van der Waals surface area contributed by atoms with Crippen LogP contribution in [0.15, 0.2) is 112 Å². The standard InChI is InChI=1S/C28H18BrN3O2/c29-25-21-10-4-7-13-24(21)34-28(25)31-27(33)19-16-14-18(15-17-19)26-30-22-11-5-6-12-23(22)32(26)20-8-2-1-3-9-20/h1-17H,(H,31,33). The fraction of sp³-hybridized carbons (Fsp3) is 0. The van der Waals surface area contributed by atoms with Crippen LogP contribution in [0.3, 0.4) is 0 Å². The topological polar surface area (TPSA) is 60.1 Å². The highest BCUT2D eigenvalue weighted by Gasteiger charge is 2.17. The van der Waals surface area contributed by atoms with Crippen molar-refractivity contribution in [3.05, 3.63) is 113 Å². The van der Waals surface area contributed by atoms with Crippen molar-refractivity contribution < 1.29 is 9.21 Å². The zero-order valence-electron chi connectivity index (χ0n) is 17.9. The molecule has 0 aliphatic rings. The Kier molecular flexibility index (Phi) is 5.00. The second kappa shape index (κ2) is 8.32. The normalized spacial score (nSPS) is 11.2. The van der Waals surface area contributed by atoms with E-state index in [1.807, 2.05) is 72.8 Å². The van der Waals surface area contributed by atoms with E-state index in [9.17, 15) is 4.79 Å². The number of furan rings is 1. The summed E-state index contributed by atoms with van der Waals surface area (Å²) in [5.41, 5.74) is 5.13. The average molecular weight is 508 g/mol. The van der Waals surface area contributed by atoms with E-state index in [0.29, 0.717) is 17.0 Å². The van der Waals surface area contributed by atoms with Crippen LogP contribution in [0.5, 0.6) is 0 Å². The number of hydrogen-bond donors (Lipinski definition) is 1. The van der Waals surface area contributed by atoms with Crippen LogP contribution in [0.25, 0.3) is 39.1 Å². The molecule has 34 heavy (non-hydrogen) atoms. The number of aromatic nitrogens is 2. The van der Waals surface area contributed by atoms with Gasteiger partial charge in [-0.3, -0.25) is 14.7 Å². The predicted octanol–water partition coefficient (Wildman–Crippen LogP) is 7.45. The maximum Gasteiger partial charge on any atom is 0.258 e. The van der Waals surface area contributed by atoms with Crippen LogP contribution in [0.1, 0.15) is 10.4 Å². The van der Waals surface area contributed by atoms with Gasteiger partial charge in [0.25, 0.3) is 5.91 Å². The first-order valence-corrected chi connectivity index (χ1v) is 11.6. The Morgan fingerprint density at radius 2 is 1.53 bits per heavy atom. The monoisotopic (exact) mass is 507 g/mol. The molecule has 0 saturated carbocycles. The SMILES string of the molecule is O=C(Nc1oc2ccccc2c1Br)c1ccc(-c2nc3ccccc3n2-c2ccccc2)cc1. The van der Waals surface area contributed by atoms with Crippen molar-refractivity contribution in [2.24, 2.45) is 0 Å². The quantitative estimate of drug-likeness (QED) is 0.269. The Bertz CT molecular complexity index is 1650. The molecule has 0 radical (unpaired) electrons. The molecule has 0 aliphatic heterocycles. The van der Waals surface area contributed by atoms with Crippen LogP contribution in [-0.4, -0.2) is 15.5 Å². The van der Waals surface area contributed by atoms with Crippen molar-refractivity contribution in [2.45, 2.75) is 0 Å². The van der Waals surface area contributed by atoms with Gasteiger partial charge in [-0.25, -0.2) is 4.98 Å². The third-order valence-electron chi connectivity index (χ3n) is 5.74. The van der Waals surface area contributed by atoms with Gasteiger partial charge in [0.15, 0.2) is 0 Å². The number of rotatable bonds is 4. The Hall–Kier alpha value is -4.16. The lowest BCUT2D eigenvalue weighted by molar-refractivity contribution is 0.102. The number of carbonyl (C=O) groups is 1. The van der Waals surface area contributed by atoms with Crippen molar-refractivity contribution in [1.29, 1.82) is 0 Å². The first-order chi connectivity index (χ1) is 16.7. The van der Waals surface area contributed by atoms with Gasteiger partial charge in [0.1, 0.15) is 11.4 Å². The summed E-state index contributed by atoms with van der Waals surface area (Å²) in [5, 5.41) is 3.77. The van der Waals surface area contributed by atoms with E-state index in [-0.39, 0.29) is 5.91 Å². The number of benzene rings is 4. The molecule has 0 saturated heterocycles. The summed E-state index contributed by atoms with van der Waals surface area (Å²) < 4.78 is 8.65. The fourth-order valence-electron chi connectivity index (χ4n) is 4.10. The number of halogens is 1. The van der Waals surface area contributed by atoms with Gasteiger partial charge in [0.05, 0.1) is 15.5 Å². The van der Waals surface area contributed by atoms with Crippen LogP contribution in [0.2, 0.25) is 0 Å². The van der Waals surface area contributed by atoms with Crippen LogP contribution < -0.4 is 5.32 Å². The van der Waals surface area contributed by atoms with Gasteiger partial charge >= 0.3 is 0 Å². The molecule has 0 unspecified atom stereocenters. The largest absolute Gasteiger partial charge is 0.439 e. The Balaban J connectivity index is 1.34. The number of carbonyl (C=O) groups excluding carboxylic acids is 1. The number of amides is 1. The molecule has 1 N–H and O–H groups in total. The molecule has 6 heteroatoms. The number of hydrogen-bond acceptors (Lipinski definition) is 3. The molecule has 0 aliphatic carbocycles. The second-order valence-corrected chi connectivity index (χ2v) is 8.66. The summed E-state index contributed by atoms with van der Waals surface area (Å²) in [5.74, 6) is 0.961. The molecule has 0 fully saturated rings. The van der Waals surface area contributed by atoms with Crippen LogP contribution in [0, 0.1) is 0 Å².